The van der Waals surface area contributed by atoms with E-state index in [-0.39, 0.29) is 0 Å². The fraction of sp³-hybridized carbons (Fsp3) is 0.571. The number of ether oxygens (including phenoxy) is 1. The Bertz CT molecular complexity index is 269. The van der Waals surface area contributed by atoms with E-state index in [4.69, 9.17) is 4.74 Å². The smallest absolute Gasteiger partial charge is 0.118 e. The molecule has 1 rings (SSSR count). The predicted octanol–water partition coefficient (Wildman–Crippen LogP) is 3.02. The second-order valence-corrected chi connectivity index (χ2v) is 4.06. The molecule has 0 bridgehead atoms. The summed E-state index contributed by atoms with van der Waals surface area (Å²) in [6.07, 6.45) is 4.90. The summed E-state index contributed by atoms with van der Waals surface area (Å²) in [6, 6.07) is 8.34. The van der Waals surface area contributed by atoms with E-state index in [0.717, 1.165) is 25.3 Å². The Morgan fingerprint density at radius 1 is 1.06 bits per heavy atom. The molecule has 2 heteroatoms. The van der Waals surface area contributed by atoms with E-state index in [0.29, 0.717) is 0 Å². The number of aryl methyl sites for hydroxylation is 1. The van der Waals surface area contributed by atoms with Gasteiger partial charge in [-0.1, -0.05) is 25.5 Å². The van der Waals surface area contributed by atoms with Crippen molar-refractivity contribution in [1.29, 1.82) is 0 Å². The highest BCUT2D eigenvalue weighted by Gasteiger charge is 1.94. The Balaban J connectivity index is 2.12. The number of hydrogen-bond acceptors (Lipinski definition) is 2. The van der Waals surface area contributed by atoms with E-state index >= 15 is 0 Å². The highest BCUT2D eigenvalue weighted by Crippen LogP contribution is 2.12. The number of unbranched alkanes of at least 4 members (excludes halogenated alkanes) is 1. The number of nitrogens with one attached hydrogen (secondary N) is 1. The first kappa shape index (κ1) is 13.0. The normalized spacial score (nSPS) is 10.4. The lowest BCUT2D eigenvalue weighted by Gasteiger charge is -2.05. The standard InChI is InChI=1S/C14H23NO/c1-3-4-11-15-12-5-6-13-7-9-14(16-2)10-8-13/h7-10,15H,3-6,11-12H2,1-2H3. The molecule has 0 spiro atoms. The number of hydrogen-bond donors (Lipinski definition) is 1. The van der Waals surface area contributed by atoms with Crippen molar-refractivity contribution in [1.82, 2.24) is 5.32 Å². The van der Waals surface area contributed by atoms with Gasteiger partial charge in [0.25, 0.3) is 0 Å². The first-order valence-electron chi connectivity index (χ1n) is 6.20. The van der Waals surface area contributed by atoms with Gasteiger partial charge in [-0.05, 0) is 50.0 Å². The lowest BCUT2D eigenvalue weighted by molar-refractivity contribution is 0.414. The molecule has 0 aliphatic carbocycles. The van der Waals surface area contributed by atoms with Gasteiger partial charge in [0.1, 0.15) is 5.75 Å². The third kappa shape index (κ3) is 5.17. The average Bonchev–Trinajstić information content (AvgIpc) is 2.34. The van der Waals surface area contributed by atoms with Crippen molar-refractivity contribution in [2.24, 2.45) is 0 Å². The minimum atomic E-state index is 0.935. The monoisotopic (exact) mass is 221 g/mol. The van der Waals surface area contributed by atoms with Gasteiger partial charge in [0.15, 0.2) is 0 Å². The SMILES string of the molecule is CCCCNCCCc1ccc(OC)cc1. The van der Waals surface area contributed by atoms with Crippen molar-refractivity contribution in [3.63, 3.8) is 0 Å². The van der Waals surface area contributed by atoms with E-state index < -0.39 is 0 Å². The first-order valence-corrected chi connectivity index (χ1v) is 6.20. The fourth-order valence-electron chi connectivity index (χ4n) is 1.64. The summed E-state index contributed by atoms with van der Waals surface area (Å²) in [6.45, 7) is 4.49. The number of methoxy groups -OCH3 is 1. The minimum Gasteiger partial charge on any atom is -0.497 e. The summed E-state index contributed by atoms with van der Waals surface area (Å²) in [5, 5.41) is 3.45. The van der Waals surface area contributed by atoms with Crippen LogP contribution >= 0.6 is 0 Å². The Morgan fingerprint density at radius 3 is 2.38 bits per heavy atom. The molecule has 1 N–H and O–H groups in total. The Morgan fingerprint density at radius 2 is 1.75 bits per heavy atom. The molecule has 0 amide bonds. The maximum Gasteiger partial charge on any atom is 0.118 e. The zero-order chi connectivity index (χ0) is 11.6. The van der Waals surface area contributed by atoms with Crippen LogP contribution in [0.2, 0.25) is 0 Å². The van der Waals surface area contributed by atoms with Crippen molar-refractivity contribution in [3.05, 3.63) is 29.8 Å². The Labute approximate surface area is 99.0 Å². The van der Waals surface area contributed by atoms with Crippen LogP contribution < -0.4 is 10.1 Å². The lowest BCUT2D eigenvalue weighted by Crippen LogP contribution is -2.16. The second-order valence-electron chi connectivity index (χ2n) is 4.06. The van der Waals surface area contributed by atoms with Crippen LogP contribution in [-0.2, 0) is 6.42 Å². The molecule has 1 aromatic rings. The van der Waals surface area contributed by atoms with Gasteiger partial charge in [-0.2, -0.15) is 0 Å². The van der Waals surface area contributed by atoms with Crippen LogP contribution in [-0.4, -0.2) is 20.2 Å². The van der Waals surface area contributed by atoms with E-state index in [1.165, 1.54) is 24.8 Å². The summed E-state index contributed by atoms with van der Waals surface area (Å²) in [5.74, 6) is 0.935. The van der Waals surface area contributed by atoms with Gasteiger partial charge in [-0.15, -0.1) is 0 Å². The molecule has 0 heterocycles. The third-order valence-electron chi connectivity index (χ3n) is 2.69. The summed E-state index contributed by atoms with van der Waals surface area (Å²) in [7, 11) is 1.70. The second kappa shape index (κ2) is 8.17. The van der Waals surface area contributed by atoms with Crippen molar-refractivity contribution in [2.45, 2.75) is 32.6 Å². The molecule has 0 unspecified atom stereocenters. The van der Waals surface area contributed by atoms with Gasteiger partial charge < -0.3 is 10.1 Å². The molecule has 1 aromatic carbocycles. The van der Waals surface area contributed by atoms with Crippen molar-refractivity contribution < 1.29 is 4.74 Å². The largest absolute Gasteiger partial charge is 0.497 e. The molecule has 0 fully saturated rings. The van der Waals surface area contributed by atoms with Crippen LogP contribution in [0.3, 0.4) is 0 Å². The first-order chi connectivity index (χ1) is 7.86. The quantitative estimate of drug-likeness (QED) is 0.681. The molecule has 0 aliphatic rings. The van der Waals surface area contributed by atoms with Crippen molar-refractivity contribution in [3.8, 4) is 5.75 Å². The van der Waals surface area contributed by atoms with Gasteiger partial charge in [0.2, 0.25) is 0 Å². The predicted molar refractivity (Wildman–Crippen MR) is 69.1 cm³/mol. The maximum absolute atomic E-state index is 5.13. The molecule has 0 radical (unpaired) electrons. The summed E-state index contributed by atoms with van der Waals surface area (Å²) in [4.78, 5) is 0. The highest BCUT2D eigenvalue weighted by atomic mass is 16.5. The van der Waals surface area contributed by atoms with Gasteiger partial charge in [-0.25, -0.2) is 0 Å². The summed E-state index contributed by atoms with van der Waals surface area (Å²) >= 11 is 0. The van der Waals surface area contributed by atoms with E-state index in [9.17, 15) is 0 Å². The minimum absolute atomic E-state index is 0.935. The van der Waals surface area contributed by atoms with Crippen molar-refractivity contribution >= 4 is 0 Å². The summed E-state index contributed by atoms with van der Waals surface area (Å²) in [5.41, 5.74) is 1.39. The van der Waals surface area contributed by atoms with Gasteiger partial charge in [-0.3, -0.25) is 0 Å². The van der Waals surface area contributed by atoms with Crippen molar-refractivity contribution in [2.75, 3.05) is 20.2 Å². The molecular weight excluding hydrogens is 198 g/mol. The number of benzene rings is 1. The topological polar surface area (TPSA) is 21.3 Å². The molecular formula is C14H23NO. The zero-order valence-corrected chi connectivity index (χ0v) is 10.5. The van der Waals surface area contributed by atoms with Crippen LogP contribution in [0.1, 0.15) is 31.7 Å². The molecule has 0 atom stereocenters. The molecule has 0 saturated heterocycles. The molecule has 90 valence electrons. The van der Waals surface area contributed by atoms with Crippen LogP contribution in [0.15, 0.2) is 24.3 Å². The van der Waals surface area contributed by atoms with Crippen LogP contribution in [0.25, 0.3) is 0 Å². The average molecular weight is 221 g/mol. The molecule has 0 aromatic heterocycles. The van der Waals surface area contributed by atoms with E-state index in [1.807, 2.05) is 12.1 Å². The van der Waals surface area contributed by atoms with Gasteiger partial charge >= 0.3 is 0 Å². The van der Waals surface area contributed by atoms with Crippen LogP contribution in [0.4, 0.5) is 0 Å². The highest BCUT2D eigenvalue weighted by molar-refractivity contribution is 5.27. The van der Waals surface area contributed by atoms with E-state index in [1.54, 1.807) is 7.11 Å². The zero-order valence-electron chi connectivity index (χ0n) is 10.5. The Hall–Kier alpha value is -1.02. The van der Waals surface area contributed by atoms with Crippen LogP contribution in [0, 0.1) is 0 Å². The molecule has 0 saturated carbocycles. The number of rotatable bonds is 8. The fourth-order valence-corrected chi connectivity index (χ4v) is 1.64. The maximum atomic E-state index is 5.13. The third-order valence-corrected chi connectivity index (χ3v) is 2.69. The lowest BCUT2D eigenvalue weighted by atomic mass is 10.1. The van der Waals surface area contributed by atoms with Gasteiger partial charge in [0, 0.05) is 0 Å². The van der Waals surface area contributed by atoms with E-state index in [2.05, 4.69) is 24.4 Å². The Kier molecular flexibility index (Phi) is 6.66. The molecule has 2 nitrogen and oxygen atoms in total. The van der Waals surface area contributed by atoms with Crippen LogP contribution in [0.5, 0.6) is 5.75 Å². The summed E-state index contributed by atoms with van der Waals surface area (Å²) < 4.78 is 5.13. The van der Waals surface area contributed by atoms with Gasteiger partial charge in [0.05, 0.1) is 7.11 Å². The molecule has 0 aliphatic heterocycles. The molecule has 16 heavy (non-hydrogen) atoms.